The van der Waals surface area contributed by atoms with Gasteiger partial charge in [0.25, 0.3) is 5.91 Å². The van der Waals surface area contributed by atoms with E-state index in [9.17, 15) is 19.8 Å². The molecule has 0 bridgehead atoms. The van der Waals surface area contributed by atoms with Crippen LogP contribution in [0.25, 0.3) is 22.2 Å². The van der Waals surface area contributed by atoms with Crippen molar-refractivity contribution < 1.29 is 29.3 Å². The van der Waals surface area contributed by atoms with Gasteiger partial charge in [-0.05, 0) is 76.3 Å². The number of hydrogen-bond donors (Lipinski definition) is 3. The van der Waals surface area contributed by atoms with Crippen LogP contribution in [0.4, 0.5) is 0 Å². The molecule has 6 aromatic rings. The summed E-state index contributed by atoms with van der Waals surface area (Å²) in [6.07, 6.45) is 0.388. The van der Waals surface area contributed by atoms with Crippen molar-refractivity contribution in [1.82, 2.24) is 15.3 Å². The highest BCUT2D eigenvalue weighted by Crippen LogP contribution is 2.43. The van der Waals surface area contributed by atoms with Crippen LogP contribution in [0, 0.1) is 5.92 Å². The summed E-state index contributed by atoms with van der Waals surface area (Å²) in [5.74, 6) is -0.616. The molecule has 0 radical (unpaired) electrons. The van der Waals surface area contributed by atoms with E-state index in [1.165, 1.54) is 6.20 Å². The Bertz CT molecular complexity index is 2190. The maximum absolute atomic E-state index is 12.9. The molecule has 0 spiro atoms. The number of aliphatic hydroxyl groups excluding tert-OH is 1. The molecule has 1 aliphatic rings. The third kappa shape index (κ3) is 8.06. The van der Waals surface area contributed by atoms with E-state index >= 15 is 0 Å². The molecule has 10 heteroatoms. The summed E-state index contributed by atoms with van der Waals surface area (Å²) in [5, 5.41) is 21.9. The highest BCUT2D eigenvalue weighted by atomic mass is 32.2. The molecule has 1 amide bonds. The summed E-state index contributed by atoms with van der Waals surface area (Å²) < 4.78 is 13.4. The van der Waals surface area contributed by atoms with Gasteiger partial charge in [0.1, 0.15) is 5.69 Å². The topological polar surface area (TPSA) is 131 Å². The molecule has 3 N–H and O–H groups in total. The fourth-order valence-electron chi connectivity index (χ4n) is 6.25. The fraction of sp³-hybridized carbons (Fsp3) is 0.190. The third-order valence-electron chi connectivity index (χ3n) is 9.19. The second-order valence-corrected chi connectivity index (χ2v) is 13.8. The van der Waals surface area contributed by atoms with Crippen molar-refractivity contribution in [3.8, 4) is 11.1 Å². The zero-order valence-electron chi connectivity index (χ0n) is 28.4. The van der Waals surface area contributed by atoms with Gasteiger partial charge in [0.2, 0.25) is 0 Å². The Morgan fingerprint density at radius 1 is 0.788 bits per heavy atom. The van der Waals surface area contributed by atoms with Crippen LogP contribution in [-0.4, -0.2) is 43.9 Å². The van der Waals surface area contributed by atoms with Gasteiger partial charge < -0.3 is 25.0 Å². The largest absolute Gasteiger partial charge is 0.478 e. The Hall–Kier alpha value is -5.39. The second-order valence-electron chi connectivity index (χ2n) is 12.7. The number of carboxylic acids is 1. The van der Waals surface area contributed by atoms with E-state index in [0.717, 1.165) is 43.8 Å². The van der Waals surface area contributed by atoms with Crippen LogP contribution in [0.1, 0.15) is 62.4 Å². The molecule has 1 aromatic heterocycles. The van der Waals surface area contributed by atoms with Crippen molar-refractivity contribution in [2.24, 2.45) is 5.92 Å². The number of aromatic carboxylic acids is 1. The predicted octanol–water partition coefficient (Wildman–Crippen LogP) is 8.00. The summed E-state index contributed by atoms with van der Waals surface area (Å²) in [4.78, 5) is 34.0. The van der Waals surface area contributed by atoms with Crippen molar-refractivity contribution in [2.45, 2.75) is 43.5 Å². The van der Waals surface area contributed by atoms with Crippen LogP contribution in [0.3, 0.4) is 0 Å². The molecule has 0 aliphatic carbocycles. The van der Waals surface area contributed by atoms with E-state index in [4.69, 9.17) is 9.47 Å². The Morgan fingerprint density at radius 3 is 2.27 bits per heavy atom. The molecule has 5 aromatic carbocycles. The average Bonchev–Trinajstić information content (AvgIpc) is 3.19. The Balaban J connectivity index is 1.09. The minimum Gasteiger partial charge on any atom is -0.478 e. The van der Waals surface area contributed by atoms with Gasteiger partial charge >= 0.3 is 5.97 Å². The van der Waals surface area contributed by atoms with Crippen LogP contribution >= 0.6 is 11.8 Å². The minimum atomic E-state index is -0.955. The number of nitrogens with one attached hydrogen (secondary N) is 1. The van der Waals surface area contributed by atoms with Gasteiger partial charge in [0, 0.05) is 28.7 Å². The van der Waals surface area contributed by atoms with Crippen molar-refractivity contribution in [3.63, 3.8) is 0 Å². The first kappa shape index (κ1) is 35.0. The van der Waals surface area contributed by atoms with E-state index in [1.807, 2.05) is 97.1 Å². The number of para-hydroxylation sites is 2. The number of benzene rings is 5. The van der Waals surface area contributed by atoms with Crippen molar-refractivity contribution >= 4 is 34.7 Å². The lowest BCUT2D eigenvalue weighted by molar-refractivity contribution is -0.268. The summed E-state index contributed by atoms with van der Waals surface area (Å²) >= 11 is 1.61. The highest BCUT2D eigenvalue weighted by Gasteiger charge is 2.38. The quantitative estimate of drug-likeness (QED) is 0.114. The number of thioether (sulfide) groups is 1. The first-order valence-electron chi connectivity index (χ1n) is 17.0. The van der Waals surface area contributed by atoms with Gasteiger partial charge in [-0.25, -0.2) is 9.78 Å². The van der Waals surface area contributed by atoms with E-state index in [0.29, 0.717) is 17.8 Å². The fourth-order valence-corrected chi connectivity index (χ4v) is 7.31. The Kier molecular flexibility index (Phi) is 10.7. The molecule has 7 rings (SSSR count). The monoisotopic (exact) mass is 711 g/mol. The summed E-state index contributed by atoms with van der Waals surface area (Å²) in [5.41, 5.74) is 7.51. The van der Waals surface area contributed by atoms with Gasteiger partial charge in [-0.3, -0.25) is 9.78 Å². The molecule has 1 aliphatic heterocycles. The van der Waals surface area contributed by atoms with Crippen LogP contribution in [0.2, 0.25) is 0 Å². The molecule has 9 nitrogen and oxygen atoms in total. The number of nitrogens with zero attached hydrogens (tertiary/aromatic N) is 2. The smallest absolute Gasteiger partial charge is 0.335 e. The minimum absolute atomic E-state index is 0.00215. The van der Waals surface area contributed by atoms with Gasteiger partial charge in [0.15, 0.2) is 6.29 Å². The first-order valence-corrected chi connectivity index (χ1v) is 18.0. The van der Waals surface area contributed by atoms with Crippen molar-refractivity contribution in [1.29, 1.82) is 0 Å². The maximum Gasteiger partial charge on any atom is 0.335 e. The molecule has 2 heterocycles. The number of rotatable bonds is 11. The summed E-state index contributed by atoms with van der Waals surface area (Å²) in [6, 6.07) is 38.3. The summed E-state index contributed by atoms with van der Waals surface area (Å²) in [7, 11) is 0. The molecular weight excluding hydrogens is 675 g/mol. The molecule has 1 saturated heterocycles. The number of carbonyl (C=O) groups excluding carboxylic acids is 1. The van der Waals surface area contributed by atoms with E-state index < -0.39 is 12.3 Å². The average molecular weight is 712 g/mol. The van der Waals surface area contributed by atoms with Crippen LogP contribution in [0.15, 0.2) is 132 Å². The number of aromatic nitrogens is 2. The third-order valence-corrected chi connectivity index (χ3v) is 10.3. The van der Waals surface area contributed by atoms with E-state index in [-0.39, 0.29) is 41.9 Å². The lowest BCUT2D eigenvalue weighted by atomic mass is 9.91. The highest BCUT2D eigenvalue weighted by molar-refractivity contribution is 7.99. The molecule has 262 valence electrons. The number of ether oxygens (including phenoxy) is 2. The standard InChI is InChI=1S/C42H37N3O6S/c1-26-38(25-52-34-18-16-30(17-19-34)41(48)49)50-42(51-39(26)29-14-12-27(24-46)13-15-29)33-9-5-8-32(21-33)31-7-4-6-28(20-31)22-44-40(47)37-23-43-35-10-2-3-11-36(35)45-37/h2-21,23,26,38-39,42,46H,22,24-25H2,1H3,(H,44,47)(H,48,49). The van der Waals surface area contributed by atoms with Crippen LogP contribution in [0.5, 0.6) is 0 Å². The van der Waals surface area contributed by atoms with Gasteiger partial charge in [-0.2, -0.15) is 0 Å². The zero-order valence-corrected chi connectivity index (χ0v) is 29.2. The zero-order chi connectivity index (χ0) is 36.0. The van der Waals surface area contributed by atoms with Crippen molar-refractivity contribution in [2.75, 3.05) is 5.75 Å². The number of fused-ring (bicyclic) bond motifs is 1. The second kappa shape index (κ2) is 15.9. The Morgan fingerprint density at radius 2 is 1.52 bits per heavy atom. The van der Waals surface area contributed by atoms with Gasteiger partial charge in [0.05, 0.1) is 41.6 Å². The molecule has 4 unspecified atom stereocenters. The van der Waals surface area contributed by atoms with E-state index in [2.05, 4.69) is 34.3 Å². The molecule has 52 heavy (non-hydrogen) atoms. The van der Waals surface area contributed by atoms with Crippen LogP contribution in [-0.2, 0) is 22.6 Å². The molecular formula is C42H37N3O6S. The SMILES string of the molecule is CC1C(CSc2ccc(C(=O)O)cc2)OC(c2cccc(-c3cccc(CNC(=O)c4cnc5ccccc5n4)c3)c2)OC1c1ccc(CO)cc1. The predicted molar refractivity (Wildman–Crippen MR) is 200 cm³/mol. The lowest BCUT2D eigenvalue weighted by Gasteiger charge is -2.41. The van der Waals surface area contributed by atoms with E-state index in [1.54, 1.807) is 23.9 Å². The number of aliphatic hydroxyl groups is 1. The maximum atomic E-state index is 12.9. The number of hydrogen-bond acceptors (Lipinski definition) is 8. The Labute approximate surface area is 305 Å². The number of amides is 1. The van der Waals surface area contributed by atoms with Gasteiger partial charge in [-0.15, -0.1) is 11.8 Å². The number of carboxylic acid groups (broad SMARTS) is 1. The molecule has 0 saturated carbocycles. The molecule has 1 fully saturated rings. The van der Waals surface area contributed by atoms with Crippen LogP contribution < -0.4 is 5.32 Å². The van der Waals surface area contributed by atoms with Crippen molar-refractivity contribution in [3.05, 3.63) is 161 Å². The molecule has 4 atom stereocenters. The van der Waals surface area contributed by atoms with Gasteiger partial charge in [-0.1, -0.05) is 79.7 Å². The normalized spacial score (nSPS) is 18.6. The number of carbonyl (C=O) groups is 2. The summed E-state index contributed by atoms with van der Waals surface area (Å²) in [6.45, 7) is 2.40. The lowest BCUT2D eigenvalue weighted by Crippen LogP contribution is -2.38. The first-order chi connectivity index (χ1) is 25.3.